The van der Waals surface area contributed by atoms with E-state index in [1.807, 2.05) is 0 Å². The first-order valence-corrected chi connectivity index (χ1v) is 11.4. The molecule has 0 radical (unpaired) electrons. The molecule has 3 N–H and O–H groups in total. The summed E-state index contributed by atoms with van der Waals surface area (Å²) in [5.74, 6) is -0.918. The van der Waals surface area contributed by atoms with Crippen molar-refractivity contribution in [3.63, 3.8) is 0 Å². The molecule has 3 aromatic carbocycles. The number of para-hydroxylation sites is 1. The molecule has 0 saturated heterocycles. The predicted molar refractivity (Wildman–Crippen MR) is 136 cm³/mol. The van der Waals surface area contributed by atoms with E-state index >= 15 is 0 Å². The third-order valence-corrected chi connectivity index (χ3v) is 5.17. The van der Waals surface area contributed by atoms with Crippen molar-refractivity contribution in [2.24, 2.45) is 0 Å². The van der Waals surface area contributed by atoms with Gasteiger partial charge in [0.1, 0.15) is 11.6 Å². The minimum absolute atomic E-state index is 0.0660. The molecule has 0 fully saturated rings. The standard InChI is InChI=1S/C25H23ClFN3O3S/c1-2-3-13-33-22-10-5-4-9-19(22)24(32)30-25(34)29-17-8-6-7-16(14-17)23(31)28-18-11-12-21(27)20(26)15-18/h4-12,14-15H,2-3,13H2,1H3,(H,28,31)(H2,29,30,32,34). The van der Waals surface area contributed by atoms with Crippen LogP contribution in [0.5, 0.6) is 5.75 Å². The highest BCUT2D eigenvalue weighted by molar-refractivity contribution is 7.80. The van der Waals surface area contributed by atoms with Gasteiger partial charge < -0.3 is 15.4 Å². The first-order valence-electron chi connectivity index (χ1n) is 10.6. The summed E-state index contributed by atoms with van der Waals surface area (Å²) in [6, 6.07) is 17.4. The number of thiocarbonyl (C=S) groups is 1. The van der Waals surface area contributed by atoms with E-state index < -0.39 is 17.6 Å². The summed E-state index contributed by atoms with van der Waals surface area (Å²) >= 11 is 11.0. The Morgan fingerprint density at radius 3 is 2.50 bits per heavy atom. The Hall–Kier alpha value is -3.49. The summed E-state index contributed by atoms with van der Waals surface area (Å²) in [6.07, 6.45) is 1.87. The number of nitrogens with one attached hydrogen (secondary N) is 3. The van der Waals surface area contributed by atoms with Gasteiger partial charge in [0.2, 0.25) is 0 Å². The second-order valence-electron chi connectivity index (χ2n) is 7.27. The molecule has 9 heteroatoms. The van der Waals surface area contributed by atoms with Crippen LogP contribution in [0.4, 0.5) is 15.8 Å². The van der Waals surface area contributed by atoms with Crippen LogP contribution in [0.25, 0.3) is 0 Å². The van der Waals surface area contributed by atoms with Gasteiger partial charge in [0.25, 0.3) is 11.8 Å². The molecule has 0 aliphatic carbocycles. The van der Waals surface area contributed by atoms with Crippen molar-refractivity contribution in [1.29, 1.82) is 0 Å². The van der Waals surface area contributed by atoms with Crippen LogP contribution in [0, 0.1) is 5.82 Å². The average Bonchev–Trinajstić information content (AvgIpc) is 2.82. The quantitative estimate of drug-likeness (QED) is 0.260. The third kappa shape index (κ3) is 7.00. The maximum absolute atomic E-state index is 13.3. The van der Waals surface area contributed by atoms with Gasteiger partial charge in [-0.3, -0.25) is 14.9 Å². The smallest absolute Gasteiger partial charge is 0.261 e. The molecular formula is C25H23ClFN3O3S. The van der Waals surface area contributed by atoms with Gasteiger partial charge in [0.15, 0.2) is 5.11 Å². The van der Waals surface area contributed by atoms with Gasteiger partial charge in [0, 0.05) is 16.9 Å². The van der Waals surface area contributed by atoms with Crippen LogP contribution in [0.3, 0.4) is 0 Å². The van der Waals surface area contributed by atoms with E-state index in [-0.39, 0.29) is 10.1 Å². The maximum atomic E-state index is 13.3. The zero-order valence-corrected chi connectivity index (χ0v) is 19.9. The van der Waals surface area contributed by atoms with Crippen LogP contribution in [0.15, 0.2) is 66.7 Å². The number of unbranched alkanes of at least 4 members (excludes halogenated alkanes) is 1. The monoisotopic (exact) mass is 499 g/mol. The Labute approximate surface area is 207 Å². The number of hydrogen-bond donors (Lipinski definition) is 3. The van der Waals surface area contributed by atoms with Gasteiger partial charge in [-0.15, -0.1) is 0 Å². The molecule has 0 aromatic heterocycles. The lowest BCUT2D eigenvalue weighted by Crippen LogP contribution is -2.34. The van der Waals surface area contributed by atoms with Gasteiger partial charge >= 0.3 is 0 Å². The molecule has 3 rings (SSSR count). The number of carbonyl (C=O) groups is 2. The maximum Gasteiger partial charge on any atom is 0.261 e. The Morgan fingerprint density at radius 1 is 0.971 bits per heavy atom. The molecule has 0 aliphatic rings. The third-order valence-electron chi connectivity index (χ3n) is 4.67. The van der Waals surface area contributed by atoms with Gasteiger partial charge in [-0.2, -0.15) is 0 Å². The fraction of sp³-hybridized carbons (Fsp3) is 0.160. The minimum atomic E-state index is -0.573. The summed E-state index contributed by atoms with van der Waals surface area (Å²) in [5.41, 5.74) is 1.56. The number of rotatable bonds is 8. The van der Waals surface area contributed by atoms with Crippen molar-refractivity contribution in [1.82, 2.24) is 5.32 Å². The number of ether oxygens (including phenoxy) is 1. The largest absolute Gasteiger partial charge is 0.493 e. The number of halogens is 2. The Balaban J connectivity index is 1.62. The molecule has 0 spiro atoms. The predicted octanol–water partition coefficient (Wildman–Crippen LogP) is 6.04. The highest BCUT2D eigenvalue weighted by Crippen LogP contribution is 2.21. The van der Waals surface area contributed by atoms with Crippen molar-refractivity contribution < 1.29 is 18.7 Å². The average molecular weight is 500 g/mol. The second-order valence-corrected chi connectivity index (χ2v) is 8.09. The minimum Gasteiger partial charge on any atom is -0.493 e. The molecule has 2 amide bonds. The summed E-state index contributed by atoms with van der Waals surface area (Å²) in [7, 11) is 0. The van der Waals surface area contributed by atoms with E-state index in [0.29, 0.717) is 34.9 Å². The number of carbonyl (C=O) groups excluding carboxylic acids is 2. The second kappa shape index (κ2) is 12.1. The van der Waals surface area contributed by atoms with Crippen molar-refractivity contribution in [2.75, 3.05) is 17.2 Å². The number of amides is 2. The van der Waals surface area contributed by atoms with E-state index in [1.54, 1.807) is 48.5 Å². The Kier molecular flexibility index (Phi) is 8.95. The first-order chi connectivity index (χ1) is 16.4. The molecule has 0 unspecified atom stereocenters. The van der Waals surface area contributed by atoms with Crippen LogP contribution in [-0.2, 0) is 0 Å². The topological polar surface area (TPSA) is 79.5 Å². The number of hydrogen-bond acceptors (Lipinski definition) is 4. The van der Waals surface area contributed by atoms with Gasteiger partial charge in [-0.1, -0.05) is 43.1 Å². The molecule has 6 nitrogen and oxygen atoms in total. The number of anilines is 2. The van der Waals surface area contributed by atoms with Gasteiger partial charge in [-0.25, -0.2) is 4.39 Å². The van der Waals surface area contributed by atoms with Crippen molar-refractivity contribution >= 4 is 52.1 Å². The molecule has 0 aliphatic heterocycles. The lowest BCUT2D eigenvalue weighted by Gasteiger charge is -2.13. The van der Waals surface area contributed by atoms with E-state index in [0.717, 1.165) is 12.8 Å². The normalized spacial score (nSPS) is 10.3. The van der Waals surface area contributed by atoms with E-state index in [1.165, 1.54) is 18.2 Å². The van der Waals surface area contributed by atoms with Gasteiger partial charge in [0.05, 0.1) is 17.2 Å². The Morgan fingerprint density at radius 2 is 1.74 bits per heavy atom. The van der Waals surface area contributed by atoms with Crippen LogP contribution in [0.2, 0.25) is 5.02 Å². The molecule has 0 saturated carbocycles. The highest BCUT2D eigenvalue weighted by atomic mass is 35.5. The van der Waals surface area contributed by atoms with Gasteiger partial charge in [-0.05, 0) is 67.2 Å². The molecule has 34 heavy (non-hydrogen) atoms. The summed E-state index contributed by atoms with van der Waals surface area (Å²) in [5, 5.41) is 8.15. The SMILES string of the molecule is CCCCOc1ccccc1C(=O)NC(=S)Nc1cccc(C(=O)Nc2ccc(F)c(Cl)c2)c1. The van der Waals surface area contributed by atoms with E-state index in [9.17, 15) is 14.0 Å². The van der Waals surface area contributed by atoms with E-state index in [2.05, 4.69) is 22.9 Å². The molecule has 0 atom stereocenters. The first kappa shape index (κ1) is 25.1. The van der Waals surface area contributed by atoms with Crippen molar-refractivity contribution in [2.45, 2.75) is 19.8 Å². The molecule has 0 heterocycles. The van der Waals surface area contributed by atoms with Crippen LogP contribution < -0.4 is 20.7 Å². The molecular weight excluding hydrogens is 477 g/mol. The highest BCUT2D eigenvalue weighted by Gasteiger charge is 2.14. The fourth-order valence-electron chi connectivity index (χ4n) is 2.95. The zero-order chi connectivity index (χ0) is 24.5. The van der Waals surface area contributed by atoms with Crippen molar-refractivity contribution in [3.8, 4) is 5.75 Å². The van der Waals surface area contributed by atoms with Crippen LogP contribution >= 0.6 is 23.8 Å². The molecule has 176 valence electrons. The fourth-order valence-corrected chi connectivity index (χ4v) is 3.35. The molecule has 0 bridgehead atoms. The number of benzene rings is 3. The van der Waals surface area contributed by atoms with E-state index in [4.69, 9.17) is 28.6 Å². The summed E-state index contributed by atoms with van der Waals surface area (Å²) in [6.45, 7) is 2.57. The van der Waals surface area contributed by atoms with Crippen LogP contribution in [-0.4, -0.2) is 23.5 Å². The zero-order valence-electron chi connectivity index (χ0n) is 18.4. The summed E-state index contributed by atoms with van der Waals surface area (Å²) in [4.78, 5) is 25.3. The summed E-state index contributed by atoms with van der Waals surface area (Å²) < 4.78 is 19.0. The molecule has 3 aromatic rings. The van der Waals surface area contributed by atoms with Crippen molar-refractivity contribution in [3.05, 3.63) is 88.7 Å². The Bertz CT molecular complexity index is 1210. The lowest BCUT2D eigenvalue weighted by molar-refractivity contribution is 0.0972. The van der Waals surface area contributed by atoms with Crippen LogP contribution in [0.1, 0.15) is 40.5 Å². The lowest BCUT2D eigenvalue weighted by atomic mass is 10.1.